The van der Waals surface area contributed by atoms with E-state index in [9.17, 15) is 17.6 Å². The van der Waals surface area contributed by atoms with Gasteiger partial charge in [0.2, 0.25) is 5.91 Å². The van der Waals surface area contributed by atoms with Gasteiger partial charge in [-0.15, -0.1) is 0 Å². The van der Waals surface area contributed by atoms with Gasteiger partial charge in [0, 0.05) is 24.0 Å². The van der Waals surface area contributed by atoms with E-state index in [0.29, 0.717) is 54.6 Å². The number of hydrogen-bond acceptors (Lipinski definition) is 7. The molecule has 10 heteroatoms. The van der Waals surface area contributed by atoms with Gasteiger partial charge in [0.1, 0.15) is 24.0 Å². The zero-order valence-corrected chi connectivity index (χ0v) is 23.5. The van der Waals surface area contributed by atoms with E-state index < -0.39 is 27.2 Å². The van der Waals surface area contributed by atoms with Crippen LogP contribution in [0.4, 0.5) is 10.2 Å². The van der Waals surface area contributed by atoms with Crippen molar-refractivity contribution < 1.29 is 17.6 Å². The maximum atomic E-state index is 14.0. The topological polar surface area (TPSA) is 95.5 Å². The number of carbonyl (C=O) groups excluding carboxylic acids is 1. The van der Waals surface area contributed by atoms with E-state index in [-0.39, 0.29) is 16.6 Å². The van der Waals surface area contributed by atoms with Gasteiger partial charge in [-0.25, -0.2) is 22.8 Å². The first kappa shape index (κ1) is 27.5. The van der Waals surface area contributed by atoms with E-state index in [4.69, 9.17) is 0 Å². The number of fused-ring (bicyclic) bond motifs is 1. The number of anilines is 1. The molecule has 2 fully saturated rings. The molecule has 208 valence electrons. The van der Waals surface area contributed by atoms with Crippen molar-refractivity contribution in [3.05, 3.63) is 60.7 Å². The molecule has 0 bridgehead atoms. The number of likely N-dealkylation sites (tertiary alicyclic amines) is 1. The number of sulfone groups is 1. The summed E-state index contributed by atoms with van der Waals surface area (Å²) >= 11 is 0. The standard InChI is InChI=1S/C29H36FN5O3S/c1-20(2)34(3)22-11-14-29(15-12-22,18-39(37,38)23-7-5-4-6-8-23)35-16-13-26(28(35)36)33-27-24-17-21(30)9-10-25(24)31-19-32-27/h4-10,17,19-20,22,26H,11-16,18H2,1-3H3,(H,31,32,33)/t22?,26-,29?/m0/s1. The number of aromatic nitrogens is 2. The minimum absolute atomic E-state index is 0.109. The average Bonchev–Trinajstić information content (AvgIpc) is 3.29. The van der Waals surface area contributed by atoms with Gasteiger partial charge in [-0.2, -0.15) is 0 Å². The van der Waals surface area contributed by atoms with Gasteiger partial charge in [0.25, 0.3) is 0 Å². The molecule has 2 aliphatic rings. The molecule has 1 atom stereocenters. The van der Waals surface area contributed by atoms with Crippen molar-refractivity contribution in [3.63, 3.8) is 0 Å². The highest BCUT2D eigenvalue weighted by molar-refractivity contribution is 7.91. The van der Waals surface area contributed by atoms with Crippen LogP contribution in [0.5, 0.6) is 0 Å². The lowest BCUT2D eigenvalue weighted by Crippen LogP contribution is -2.58. The second-order valence-electron chi connectivity index (χ2n) is 11.1. The fourth-order valence-electron chi connectivity index (χ4n) is 6.12. The molecule has 0 spiro atoms. The zero-order chi connectivity index (χ0) is 27.8. The van der Waals surface area contributed by atoms with Crippen LogP contribution in [0.25, 0.3) is 10.9 Å². The second kappa shape index (κ2) is 10.8. The number of rotatable bonds is 8. The van der Waals surface area contributed by atoms with E-state index in [1.807, 2.05) is 0 Å². The zero-order valence-electron chi connectivity index (χ0n) is 22.7. The molecule has 1 aromatic heterocycles. The van der Waals surface area contributed by atoms with E-state index >= 15 is 0 Å². The third-order valence-electron chi connectivity index (χ3n) is 8.52. The fourth-order valence-corrected chi connectivity index (χ4v) is 8.01. The van der Waals surface area contributed by atoms with Crippen LogP contribution in [0.1, 0.15) is 46.0 Å². The average molecular weight is 554 g/mol. The summed E-state index contributed by atoms with van der Waals surface area (Å²) in [6.45, 7) is 4.76. The van der Waals surface area contributed by atoms with E-state index in [1.54, 1.807) is 41.3 Å². The molecule has 3 aromatic rings. The molecule has 0 radical (unpaired) electrons. The van der Waals surface area contributed by atoms with Crippen LogP contribution in [-0.2, 0) is 14.6 Å². The first-order valence-electron chi connectivity index (χ1n) is 13.6. The van der Waals surface area contributed by atoms with Crippen LogP contribution in [0, 0.1) is 5.82 Å². The summed E-state index contributed by atoms with van der Waals surface area (Å²) in [5.74, 6) is -0.264. The Morgan fingerprint density at radius 3 is 2.51 bits per heavy atom. The van der Waals surface area contributed by atoms with Crippen molar-refractivity contribution in [2.45, 2.75) is 74.5 Å². The monoisotopic (exact) mass is 553 g/mol. The van der Waals surface area contributed by atoms with Gasteiger partial charge < -0.3 is 15.1 Å². The molecular formula is C29H36FN5O3S. The lowest BCUT2D eigenvalue weighted by atomic mass is 9.78. The highest BCUT2D eigenvalue weighted by Gasteiger charge is 2.50. The normalized spacial score (nSPS) is 24.2. The first-order chi connectivity index (χ1) is 18.6. The lowest BCUT2D eigenvalue weighted by Gasteiger charge is -2.48. The third kappa shape index (κ3) is 5.49. The number of amides is 1. The minimum Gasteiger partial charge on any atom is -0.358 e. The van der Waals surface area contributed by atoms with Crippen LogP contribution in [0.15, 0.2) is 59.8 Å². The Kier molecular flexibility index (Phi) is 7.61. The highest BCUT2D eigenvalue weighted by Crippen LogP contribution is 2.40. The Morgan fingerprint density at radius 2 is 1.82 bits per heavy atom. The summed E-state index contributed by atoms with van der Waals surface area (Å²) in [4.78, 5) is 26.8. The first-order valence-corrected chi connectivity index (χ1v) is 15.2. The quantitative estimate of drug-likeness (QED) is 0.445. The van der Waals surface area contributed by atoms with Crippen molar-refractivity contribution in [1.29, 1.82) is 0 Å². The van der Waals surface area contributed by atoms with Gasteiger partial charge >= 0.3 is 0 Å². The molecule has 39 heavy (non-hydrogen) atoms. The number of nitrogens with one attached hydrogen (secondary N) is 1. The number of nitrogens with zero attached hydrogens (tertiary/aromatic N) is 4. The van der Waals surface area contributed by atoms with Crippen molar-refractivity contribution in [2.24, 2.45) is 0 Å². The van der Waals surface area contributed by atoms with Crippen LogP contribution < -0.4 is 5.32 Å². The van der Waals surface area contributed by atoms with E-state index in [1.165, 1.54) is 18.5 Å². The van der Waals surface area contributed by atoms with Crippen LogP contribution in [0.2, 0.25) is 0 Å². The van der Waals surface area contributed by atoms with E-state index in [0.717, 1.165) is 12.8 Å². The summed E-state index contributed by atoms with van der Waals surface area (Å²) in [5.41, 5.74) is -0.217. The predicted octanol–water partition coefficient (Wildman–Crippen LogP) is 4.28. The van der Waals surface area contributed by atoms with Crippen molar-refractivity contribution >= 4 is 32.5 Å². The van der Waals surface area contributed by atoms with E-state index in [2.05, 4.69) is 41.1 Å². The maximum absolute atomic E-state index is 14.0. The van der Waals surface area contributed by atoms with Crippen molar-refractivity contribution in [3.8, 4) is 0 Å². The molecule has 1 aliphatic heterocycles. The van der Waals surface area contributed by atoms with Crippen LogP contribution >= 0.6 is 0 Å². The Morgan fingerprint density at radius 1 is 1.10 bits per heavy atom. The number of benzene rings is 2. The molecule has 1 amide bonds. The largest absolute Gasteiger partial charge is 0.358 e. The summed E-state index contributed by atoms with van der Waals surface area (Å²) in [6, 6.07) is 12.9. The van der Waals surface area contributed by atoms with Crippen LogP contribution in [-0.4, -0.2) is 77.1 Å². The summed E-state index contributed by atoms with van der Waals surface area (Å²) in [6.07, 6.45) is 4.75. The van der Waals surface area contributed by atoms with Crippen LogP contribution in [0.3, 0.4) is 0 Å². The summed E-state index contributed by atoms with van der Waals surface area (Å²) in [5, 5.41) is 3.72. The molecule has 5 rings (SSSR count). The maximum Gasteiger partial charge on any atom is 0.245 e. The number of halogens is 1. The Labute approximate surface area is 229 Å². The highest BCUT2D eigenvalue weighted by atomic mass is 32.2. The summed E-state index contributed by atoms with van der Waals surface area (Å²) < 4.78 is 41.2. The van der Waals surface area contributed by atoms with Gasteiger partial charge in [0.15, 0.2) is 9.84 Å². The number of hydrogen-bond donors (Lipinski definition) is 1. The summed E-state index contributed by atoms with van der Waals surface area (Å²) in [7, 11) is -1.52. The predicted molar refractivity (Wildman–Crippen MR) is 150 cm³/mol. The molecule has 1 saturated heterocycles. The second-order valence-corrected chi connectivity index (χ2v) is 13.1. The van der Waals surface area contributed by atoms with Gasteiger partial charge in [0.05, 0.1) is 21.7 Å². The molecule has 0 unspecified atom stereocenters. The smallest absolute Gasteiger partial charge is 0.245 e. The van der Waals surface area contributed by atoms with Crippen molar-refractivity contribution in [1.82, 2.24) is 19.8 Å². The third-order valence-corrected chi connectivity index (χ3v) is 10.4. The number of carbonyl (C=O) groups is 1. The SMILES string of the molecule is CC(C)N(C)C1CCC(CS(=O)(=O)c2ccccc2)(N2CC[C@H](Nc3ncnc4ccc(F)cc34)C2=O)CC1. The lowest BCUT2D eigenvalue weighted by molar-refractivity contribution is -0.134. The molecule has 2 heterocycles. The van der Waals surface area contributed by atoms with Gasteiger partial charge in [-0.3, -0.25) is 4.79 Å². The Hall–Kier alpha value is -3.11. The minimum atomic E-state index is -3.63. The molecule has 2 aromatic carbocycles. The van der Waals surface area contributed by atoms with Crippen molar-refractivity contribution in [2.75, 3.05) is 24.7 Å². The molecular weight excluding hydrogens is 517 g/mol. The molecule has 1 aliphatic carbocycles. The fraction of sp³-hybridized carbons (Fsp3) is 0.483. The molecule has 1 saturated carbocycles. The Balaban J connectivity index is 1.42. The van der Waals surface area contributed by atoms with Gasteiger partial charge in [-0.1, -0.05) is 18.2 Å². The Bertz CT molecular complexity index is 1440. The molecule has 8 nitrogen and oxygen atoms in total. The van der Waals surface area contributed by atoms with Gasteiger partial charge in [-0.05, 0) is 83.3 Å². The molecule has 1 N–H and O–H groups in total.